The first kappa shape index (κ1) is 33.2. The quantitative estimate of drug-likeness (QED) is 0.164. The number of hydrogen-bond acceptors (Lipinski definition) is 6. The van der Waals surface area contributed by atoms with Crippen molar-refractivity contribution < 1.29 is 29.4 Å². The summed E-state index contributed by atoms with van der Waals surface area (Å²) in [7, 11) is 0. The van der Waals surface area contributed by atoms with E-state index in [9.17, 15) is 29.4 Å². The second kappa shape index (κ2) is 13.5. The van der Waals surface area contributed by atoms with Gasteiger partial charge >= 0.3 is 11.9 Å². The van der Waals surface area contributed by atoms with Crippen LogP contribution in [0.3, 0.4) is 0 Å². The molecule has 44 heavy (non-hydrogen) atoms. The third-order valence-corrected chi connectivity index (χ3v) is 9.92. The van der Waals surface area contributed by atoms with E-state index in [1.165, 1.54) is 0 Å². The lowest BCUT2D eigenvalue weighted by Gasteiger charge is -2.24. The monoisotopic (exact) mass is 624 g/mol. The molecule has 1 fully saturated rings. The Morgan fingerprint density at radius 3 is 2.23 bits per heavy atom. The largest absolute Gasteiger partial charge is 0.481 e. The van der Waals surface area contributed by atoms with Gasteiger partial charge in [0.05, 0.1) is 6.04 Å². The molecule has 1 aromatic heterocycles. The van der Waals surface area contributed by atoms with Crippen LogP contribution in [-0.2, 0) is 32.0 Å². The maximum absolute atomic E-state index is 12.5. The lowest BCUT2D eigenvalue weighted by atomic mass is 9.86. The zero-order valence-corrected chi connectivity index (χ0v) is 26.9. The van der Waals surface area contributed by atoms with E-state index in [1.807, 2.05) is 40.7 Å². The average Bonchev–Trinajstić information content (AvgIpc) is 3.59. The van der Waals surface area contributed by atoms with Crippen LogP contribution in [0.2, 0.25) is 0 Å². The van der Waals surface area contributed by atoms with Gasteiger partial charge in [-0.15, -0.1) is 0 Å². The molecule has 10 nitrogen and oxygen atoms in total. The second-order valence-corrected chi connectivity index (χ2v) is 13.1. The number of amides is 2. The topological polar surface area (TPSA) is 161 Å². The molecule has 4 heterocycles. The number of nitrogens with one attached hydrogen (secondary N) is 4. The van der Waals surface area contributed by atoms with E-state index in [-0.39, 0.29) is 59.9 Å². The summed E-state index contributed by atoms with van der Waals surface area (Å²) in [6.45, 7) is 13.5. The van der Waals surface area contributed by atoms with Crippen molar-refractivity contribution in [2.75, 3.05) is 0 Å². The Balaban J connectivity index is 1.70. The van der Waals surface area contributed by atoms with E-state index in [1.54, 1.807) is 6.08 Å². The van der Waals surface area contributed by atoms with Crippen molar-refractivity contribution in [3.8, 4) is 0 Å². The van der Waals surface area contributed by atoms with Gasteiger partial charge in [0.15, 0.2) is 0 Å². The SMILES string of the molecule is C=CC1=C(C)[C@@H](CC2N/C(=C/c3[nH]c(CC4NC(=O)[C@H](C)[C@H]4[C@@H](C)S)c(C)c3CCC(=O)O)C(CCC(=O)O)=C2C)NC1=O. The molecule has 4 rings (SSSR count). The van der Waals surface area contributed by atoms with Crippen molar-refractivity contribution in [3.05, 3.63) is 63.2 Å². The third kappa shape index (κ3) is 6.82. The number of carboxylic acids is 2. The number of aromatic nitrogens is 1. The maximum atomic E-state index is 12.5. The molecule has 0 aromatic carbocycles. The molecule has 0 aliphatic carbocycles. The Hall–Kier alpha value is -3.73. The van der Waals surface area contributed by atoms with Crippen molar-refractivity contribution in [3.63, 3.8) is 0 Å². The molecule has 2 amide bonds. The van der Waals surface area contributed by atoms with Crippen LogP contribution in [0.1, 0.15) is 75.9 Å². The maximum Gasteiger partial charge on any atom is 0.303 e. The van der Waals surface area contributed by atoms with Gasteiger partial charge in [0.2, 0.25) is 5.91 Å². The minimum atomic E-state index is -0.899. The molecule has 0 spiro atoms. The van der Waals surface area contributed by atoms with Crippen molar-refractivity contribution >= 4 is 42.5 Å². The van der Waals surface area contributed by atoms with Gasteiger partial charge in [-0.2, -0.15) is 12.6 Å². The molecule has 0 saturated carbocycles. The Morgan fingerprint density at radius 2 is 1.64 bits per heavy atom. The fraction of sp³-hybridized carbons (Fsp3) is 0.515. The second-order valence-electron chi connectivity index (χ2n) is 12.3. The van der Waals surface area contributed by atoms with Crippen molar-refractivity contribution in [2.45, 2.75) is 96.5 Å². The minimum Gasteiger partial charge on any atom is -0.481 e. The number of rotatable bonds is 13. The van der Waals surface area contributed by atoms with E-state index in [2.05, 4.69) is 40.1 Å². The van der Waals surface area contributed by atoms with E-state index in [0.717, 1.165) is 44.9 Å². The minimum absolute atomic E-state index is 0.00665. The molecule has 11 heteroatoms. The Labute approximate surface area is 263 Å². The summed E-state index contributed by atoms with van der Waals surface area (Å²) >= 11 is 4.66. The van der Waals surface area contributed by atoms with E-state index >= 15 is 0 Å². The molecule has 0 bridgehead atoms. The van der Waals surface area contributed by atoms with Crippen LogP contribution in [0.15, 0.2) is 40.6 Å². The van der Waals surface area contributed by atoms with Gasteiger partial charge in [-0.1, -0.05) is 26.5 Å². The van der Waals surface area contributed by atoms with Gasteiger partial charge in [-0.25, -0.2) is 0 Å². The Kier molecular flexibility index (Phi) is 10.2. The first-order chi connectivity index (χ1) is 20.7. The Morgan fingerprint density at radius 1 is 1.00 bits per heavy atom. The normalized spacial score (nSPS) is 26.7. The van der Waals surface area contributed by atoms with E-state index < -0.39 is 11.9 Å². The van der Waals surface area contributed by atoms with Gasteiger partial charge in [-0.05, 0) is 74.0 Å². The highest BCUT2D eigenvalue weighted by Crippen LogP contribution is 2.36. The van der Waals surface area contributed by atoms with Gasteiger partial charge in [-0.3, -0.25) is 19.2 Å². The predicted molar refractivity (Wildman–Crippen MR) is 172 cm³/mol. The highest BCUT2D eigenvalue weighted by Gasteiger charge is 2.42. The fourth-order valence-corrected chi connectivity index (χ4v) is 7.47. The molecule has 1 aromatic rings. The zero-order chi connectivity index (χ0) is 32.5. The number of carbonyl (C=O) groups is 4. The third-order valence-electron chi connectivity index (χ3n) is 9.57. The molecule has 3 aliphatic rings. The van der Waals surface area contributed by atoms with Crippen LogP contribution in [0.25, 0.3) is 6.08 Å². The number of H-pyrrole nitrogens is 1. The highest BCUT2D eigenvalue weighted by atomic mass is 32.1. The van der Waals surface area contributed by atoms with Crippen molar-refractivity contribution in [2.24, 2.45) is 11.8 Å². The zero-order valence-electron chi connectivity index (χ0n) is 26.0. The van der Waals surface area contributed by atoms with Crippen LogP contribution in [0, 0.1) is 18.8 Å². The molecule has 0 radical (unpaired) electrons. The Bertz CT molecular complexity index is 1470. The summed E-state index contributed by atoms with van der Waals surface area (Å²) in [5, 5.41) is 28.7. The average molecular weight is 625 g/mol. The van der Waals surface area contributed by atoms with Crippen molar-refractivity contribution in [1.82, 2.24) is 20.9 Å². The van der Waals surface area contributed by atoms with Crippen molar-refractivity contribution in [1.29, 1.82) is 0 Å². The van der Waals surface area contributed by atoms with E-state index in [4.69, 9.17) is 0 Å². The number of aromatic amines is 1. The number of hydrogen-bond donors (Lipinski definition) is 7. The molecule has 6 atom stereocenters. The number of aliphatic carboxylic acids is 2. The van der Waals surface area contributed by atoms with Gasteiger partial charge < -0.3 is 31.1 Å². The van der Waals surface area contributed by atoms with Crippen LogP contribution in [0.4, 0.5) is 0 Å². The summed E-state index contributed by atoms with van der Waals surface area (Å²) in [5.74, 6) is -2.06. The van der Waals surface area contributed by atoms with Crippen LogP contribution in [0.5, 0.6) is 0 Å². The standard InChI is InChI=1S/C33H44N4O6S/c1-7-20-15(2)25(36-33(20)43)12-23-16(3)21(8-10-29(38)39)26(34-23)14-27-22(9-11-30(40)41)17(4)24(35-27)13-28-31(19(6)44)18(5)32(42)37-28/h7,14,18-19,23,25,28,31,34-35,44H,1,8-13H2,2-6H3,(H,36,43)(H,37,42)(H,38,39)(H,40,41)/b26-14+/t18-,19-,23?,25-,28?,31+/m1/s1. The first-order valence-corrected chi connectivity index (χ1v) is 15.7. The summed E-state index contributed by atoms with van der Waals surface area (Å²) < 4.78 is 0. The molecule has 6 N–H and O–H groups in total. The fourth-order valence-electron chi connectivity index (χ4n) is 7.01. The number of thiol groups is 1. The molecular weight excluding hydrogens is 580 g/mol. The molecule has 3 aliphatic heterocycles. The van der Waals surface area contributed by atoms with Crippen LogP contribution >= 0.6 is 12.6 Å². The molecule has 238 valence electrons. The van der Waals surface area contributed by atoms with Gasteiger partial charge in [0.25, 0.3) is 5.91 Å². The number of allylic oxidation sites excluding steroid dienone is 1. The molecular formula is C33H44N4O6S. The summed E-state index contributed by atoms with van der Waals surface area (Å²) in [5.41, 5.74) is 7.69. The van der Waals surface area contributed by atoms with Crippen LogP contribution < -0.4 is 16.0 Å². The molecule has 1 saturated heterocycles. The lowest BCUT2D eigenvalue weighted by Crippen LogP contribution is -2.36. The van der Waals surface area contributed by atoms with Gasteiger partial charge in [0, 0.05) is 71.1 Å². The van der Waals surface area contributed by atoms with Crippen LogP contribution in [-0.4, -0.2) is 62.3 Å². The number of carboxylic acid groups (broad SMARTS) is 2. The first-order valence-electron chi connectivity index (χ1n) is 15.2. The number of carbonyl (C=O) groups excluding carboxylic acids is 2. The summed E-state index contributed by atoms with van der Waals surface area (Å²) in [6.07, 6.45) is 5.21. The summed E-state index contributed by atoms with van der Waals surface area (Å²) in [4.78, 5) is 51.6. The predicted octanol–water partition coefficient (Wildman–Crippen LogP) is 3.84. The summed E-state index contributed by atoms with van der Waals surface area (Å²) in [6, 6.07) is -0.434. The highest BCUT2D eigenvalue weighted by molar-refractivity contribution is 7.80. The smallest absolute Gasteiger partial charge is 0.303 e. The van der Waals surface area contributed by atoms with E-state index in [0.29, 0.717) is 31.3 Å². The lowest BCUT2D eigenvalue weighted by molar-refractivity contribution is -0.138. The van der Waals surface area contributed by atoms with Gasteiger partial charge in [0.1, 0.15) is 0 Å². The molecule has 2 unspecified atom stereocenters.